The minimum atomic E-state index is -0.448. The number of carbonyl (C=O) groups excluding carboxylic acids is 2. The van der Waals surface area contributed by atoms with E-state index in [2.05, 4.69) is 15.4 Å². The minimum Gasteiger partial charge on any atom is -0.490 e. The lowest BCUT2D eigenvalue weighted by Gasteiger charge is -2.30. The number of methoxy groups -OCH3 is 1. The molecule has 1 aliphatic rings. The van der Waals surface area contributed by atoms with Gasteiger partial charge in [0, 0.05) is 17.7 Å². The Hall–Kier alpha value is -3.02. The van der Waals surface area contributed by atoms with E-state index in [-0.39, 0.29) is 18.2 Å². The van der Waals surface area contributed by atoms with Crippen LogP contribution in [0.25, 0.3) is 0 Å². The number of anilines is 1. The second-order valence-electron chi connectivity index (χ2n) is 5.93. The molecule has 1 heterocycles. The lowest BCUT2D eigenvalue weighted by atomic mass is 9.97. The summed E-state index contributed by atoms with van der Waals surface area (Å²) in [6.45, 7) is 1.97. The largest absolute Gasteiger partial charge is 0.490 e. The molecule has 25 heavy (non-hydrogen) atoms. The highest BCUT2D eigenvalue weighted by atomic mass is 16.5. The Morgan fingerprint density at radius 3 is 2.76 bits per heavy atom. The fourth-order valence-corrected chi connectivity index (χ4v) is 2.90. The maximum Gasteiger partial charge on any atom is 0.337 e. The molecule has 2 amide bonds. The Morgan fingerprint density at radius 2 is 1.96 bits per heavy atom. The Bertz CT molecular complexity index is 790. The van der Waals surface area contributed by atoms with Crippen molar-refractivity contribution in [2.75, 3.05) is 12.4 Å². The maximum absolute atomic E-state index is 12.4. The molecule has 0 saturated carbocycles. The van der Waals surface area contributed by atoms with Gasteiger partial charge < -0.3 is 20.1 Å². The molecule has 2 aromatic rings. The number of amides is 2. The average Bonchev–Trinajstić information content (AvgIpc) is 2.61. The first-order chi connectivity index (χ1) is 12.1. The van der Waals surface area contributed by atoms with Gasteiger partial charge >= 0.3 is 12.0 Å². The normalized spacial score (nSPS) is 18.5. The summed E-state index contributed by atoms with van der Waals surface area (Å²) in [4.78, 5) is 23.9. The van der Waals surface area contributed by atoms with Gasteiger partial charge in [-0.05, 0) is 31.2 Å². The standard InChI is InChI=1S/C19H20N2O4/c1-12-10-16(15-8-3-4-9-17(15)25-12)21-19(23)20-14-7-5-6-13(11-14)18(22)24-2/h3-9,11-12,16H,10H2,1-2H3,(H2,20,21,23)/t12-,16-/m1/s1. The van der Waals surface area contributed by atoms with Crippen molar-refractivity contribution in [1.29, 1.82) is 0 Å². The first-order valence-electron chi connectivity index (χ1n) is 8.08. The minimum absolute atomic E-state index is 0.0165. The molecule has 0 bridgehead atoms. The summed E-state index contributed by atoms with van der Waals surface area (Å²) in [6.07, 6.45) is 0.704. The van der Waals surface area contributed by atoms with Crippen molar-refractivity contribution < 1.29 is 19.1 Å². The van der Waals surface area contributed by atoms with Gasteiger partial charge in [0.05, 0.1) is 24.8 Å². The fraction of sp³-hybridized carbons (Fsp3) is 0.263. The number of hydrogen-bond acceptors (Lipinski definition) is 4. The van der Waals surface area contributed by atoms with Gasteiger partial charge in [0.1, 0.15) is 5.75 Å². The van der Waals surface area contributed by atoms with Crippen LogP contribution >= 0.6 is 0 Å². The average molecular weight is 340 g/mol. The molecule has 0 unspecified atom stereocenters. The van der Waals surface area contributed by atoms with Crippen molar-refractivity contribution in [3.63, 3.8) is 0 Å². The third kappa shape index (κ3) is 3.91. The van der Waals surface area contributed by atoms with Crippen LogP contribution in [0, 0.1) is 0 Å². The number of urea groups is 1. The van der Waals surface area contributed by atoms with E-state index in [0.717, 1.165) is 11.3 Å². The van der Waals surface area contributed by atoms with E-state index in [1.807, 2.05) is 31.2 Å². The number of hydrogen-bond donors (Lipinski definition) is 2. The summed E-state index contributed by atoms with van der Waals surface area (Å²) in [5.41, 5.74) is 1.86. The quantitative estimate of drug-likeness (QED) is 0.838. The van der Waals surface area contributed by atoms with Gasteiger partial charge in [0.2, 0.25) is 0 Å². The third-order valence-electron chi connectivity index (χ3n) is 4.04. The van der Waals surface area contributed by atoms with Crippen molar-refractivity contribution in [2.24, 2.45) is 0 Å². The van der Waals surface area contributed by atoms with E-state index in [9.17, 15) is 9.59 Å². The van der Waals surface area contributed by atoms with E-state index in [1.165, 1.54) is 7.11 Å². The topological polar surface area (TPSA) is 76.7 Å². The van der Waals surface area contributed by atoms with E-state index in [0.29, 0.717) is 17.7 Å². The predicted molar refractivity (Wildman–Crippen MR) is 93.8 cm³/mol. The van der Waals surface area contributed by atoms with Crippen LogP contribution < -0.4 is 15.4 Å². The molecule has 2 aromatic carbocycles. The van der Waals surface area contributed by atoms with Gasteiger partial charge in [-0.25, -0.2) is 9.59 Å². The summed E-state index contributed by atoms with van der Waals surface area (Å²) >= 11 is 0. The van der Waals surface area contributed by atoms with Crippen LogP contribution in [0.15, 0.2) is 48.5 Å². The van der Waals surface area contributed by atoms with Gasteiger partial charge in [0.25, 0.3) is 0 Å². The van der Waals surface area contributed by atoms with Crippen LogP contribution in [0.5, 0.6) is 5.75 Å². The molecular formula is C19H20N2O4. The van der Waals surface area contributed by atoms with Crippen molar-refractivity contribution in [3.05, 3.63) is 59.7 Å². The number of rotatable bonds is 3. The summed E-state index contributed by atoms with van der Waals surface area (Å²) in [6, 6.07) is 13.8. The number of para-hydroxylation sites is 1. The number of esters is 1. The first kappa shape index (κ1) is 16.8. The number of ether oxygens (including phenoxy) is 2. The van der Waals surface area contributed by atoms with Crippen molar-refractivity contribution >= 4 is 17.7 Å². The van der Waals surface area contributed by atoms with E-state index in [4.69, 9.17) is 4.74 Å². The molecule has 2 N–H and O–H groups in total. The van der Waals surface area contributed by atoms with E-state index < -0.39 is 5.97 Å². The van der Waals surface area contributed by atoms with Crippen LogP contribution in [0.1, 0.15) is 35.3 Å². The molecular weight excluding hydrogens is 320 g/mol. The Kier molecular flexibility index (Phi) is 4.88. The monoisotopic (exact) mass is 340 g/mol. The molecule has 1 aliphatic heterocycles. The first-order valence-corrected chi connectivity index (χ1v) is 8.08. The molecule has 0 aromatic heterocycles. The zero-order chi connectivity index (χ0) is 17.8. The number of carbonyl (C=O) groups is 2. The van der Waals surface area contributed by atoms with Crippen molar-refractivity contribution in [3.8, 4) is 5.75 Å². The highest BCUT2D eigenvalue weighted by Gasteiger charge is 2.26. The second-order valence-corrected chi connectivity index (χ2v) is 5.93. The third-order valence-corrected chi connectivity index (χ3v) is 4.04. The predicted octanol–water partition coefficient (Wildman–Crippen LogP) is 3.51. The molecule has 3 rings (SSSR count). The van der Waals surface area contributed by atoms with E-state index in [1.54, 1.807) is 24.3 Å². The van der Waals surface area contributed by atoms with Gasteiger partial charge in [0.15, 0.2) is 0 Å². The zero-order valence-corrected chi connectivity index (χ0v) is 14.1. The van der Waals surface area contributed by atoms with Crippen molar-refractivity contribution in [1.82, 2.24) is 5.32 Å². The molecule has 0 saturated heterocycles. The molecule has 0 fully saturated rings. The molecule has 6 heteroatoms. The Morgan fingerprint density at radius 1 is 1.16 bits per heavy atom. The molecule has 0 radical (unpaired) electrons. The zero-order valence-electron chi connectivity index (χ0n) is 14.1. The van der Waals surface area contributed by atoms with Crippen LogP contribution in [0.3, 0.4) is 0 Å². The molecule has 0 spiro atoms. The van der Waals surface area contributed by atoms with Crippen LogP contribution in [-0.2, 0) is 4.74 Å². The highest BCUT2D eigenvalue weighted by molar-refractivity contribution is 5.94. The number of fused-ring (bicyclic) bond motifs is 1. The molecule has 2 atom stereocenters. The summed E-state index contributed by atoms with van der Waals surface area (Å²) < 4.78 is 10.5. The summed E-state index contributed by atoms with van der Waals surface area (Å²) in [7, 11) is 1.32. The van der Waals surface area contributed by atoms with Crippen LogP contribution in [0.2, 0.25) is 0 Å². The van der Waals surface area contributed by atoms with Gasteiger partial charge in [-0.2, -0.15) is 0 Å². The number of nitrogens with one attached hydrogen (secondary N) is 2. The molecule has 0 aliphatic carbocycles. The summed E-state index contributed by atoms with van der Waals surface area (Å²) in [5, 5.41) is 5.73. The smallest absolute Gasteiger partial charge is 0.337 e. The van der Waals surface area contributed by atoms with Gasteiger partial charge in [-0.3, -0.25) is 0 Å². The SMILES string of the molecule is COC(=O)c1cccc(NC(=O)N[C@@H]2C[C@@H](C)Oc3ccccc32)c1. The Balaban J connectivity index is 1.70. The summed E-state index contributed by atoms with van der Waals surface area (Å²) in [5.74, 6) is 0.343. The van der Waals surface area contributed by atoms with Crippen LogP contribution in [0.4, 0.5) is 10.5 Å². The highest BCUT2D eigenvalue weighted by Crippen LogP contribution is 2.34. The lowest BCUT2D eigenvalue weighted by Crippen LogP contribution is -2.37. The molecule has 6 nitrogen and oxygen atoms in total. The van der Waals surface area contributed by atoms with Gasteiger partial charge in [-0.1, -0.05) is 24.3 Å². The lowest BCUT2D eigenvalue weighted by molar-refractivity contribution is 0.0600. The fourth-order valence-electron chi connectivity index (χ4n) is 2.90. The second kappa shape index (κ2) is 7.25. The van der Waals surface area contributed by atoms with Crippen LogP contribution in [-0.4, -0.2) is 25.2 Å². The molecule has 130 valence electrons. The van der Waals surface area contributed by atoms with E-state index >= 15 is 0 Å². The number of benzene rings is 2. The van der Waals surface area contributed by atoms with Gasteiger partial charge in [-0.15, -0.1) is 0 Å². The van der Waals surface area contributed by atoms with Crippen molar-refractivity contribution in [2.45, 2.75) is 25.5 Å². The Labute approximate surface area is 146 Å². The maximum atomic E-state index is 12.4.